The fraction of sp³-hybridized carbons (Fsp3) is 0.684. The number of aryl methyl sites for hydroxylation is 1. The molecule has 1 aromatic rings. The molecule has 1 aromatic carbocycles. The van der Waals surface area contributed by atoms with Gasteiger partial charge in [0.2, 0.25) is 0 Å². The monoisotopic (exact) mass is 271 g/mol. The number of fused-ring (bicyclic) bond motifs is 1. The molecule has 1 saturated carbocycles. The molecule has 0 heterocycles. The van der Waals surface area contributed by atoms with Crippen LogP contribution in [0.5, 0.6) is 0 Å². The zero-order valence-corrected chi connectivity index (χ0v) is 13.0. The number of hydrogen-bond acceptors (Lipinski definition) is 1. The smallest absolute Gasteiger partial charge is 0.00990 e. The molecule has 0 aromatic heterocycles. The molecule has 0 bridgehead atoms. The summed E-state index contributed by atoms with van der Waals surface area (Å²) < 4.78 is 0. The van der Waals surface area contributed by atoms with Crippen molar-refractivity contribution in [1.29, 1.82) is 0 Å². The summed E-state index contributed by atoms with van der Waals surface area (Å²) in [6.45, 7) is 4.82. The van der Waals surface area contributed by atoms with Crippen molar-refractivity contribution in [3.63, 3.8) is 0 Å². The van der Waals surface area contributed by atoms with Crippen LogP contribution in [0.1, 0.15) is 50.7 Å². The van der Waals surface area contributed by atoms with E-state index in [1.807, 2.05) is 0 Å². The lowest BCUT2D eigenvalue weighted by molar-refractivity contribution is 0.155. The maximum atomic E-state index is 6.69. The van der Waals surface area contributed by atoms with E-state index in [1.54, 1.807) is 11.1 Å². The highest BCUT2D eigenvalue weighted by molar-refractivity contribution is 5.30. The Bertz CT molecular complexity index is 453. The lowest BCUT2D eigenvalue weighted by Gasteiger charge is -2.39. The first-order valence-electron chi connectivity index (χ1n) is 8.47. The molecule has 1 nitrogen and oxygen atoms in total. The van der Waals surface area contributed by atoms with Gasteiger partial charge in [-0.1, -0.05) is 44.5 Å². The predicted octanol–water partition coefficient (Wildman–Crippen LogP) is 4.19. The van der Waals surface area contributed by atoms with E-state index >= 15 is 0 Å². The zero-order chi connectivity index (χ0) is 14.1. The summed E-state index contributed by atoms with van der Waals surface area (Å²) in [7, 11) is 0. The lowest BCUT2D eigenvalue weighted by Crippen LogP contribution is -2.42. The standard InChI is InChI=1S/C19H29N/c1-13-7-8-17(11-14(13)2)19(20)18-10-9-15-5-3-4-6-16(15)12-18/h3-6,13-14,17-19H,7-12,20H2,1-2H3. The van der Waals surface area contributed by atoms with Crippen molar-refractivity contribution >= 4 is 0 Å². The predicted molar refractivity (Wildman–Crippen MR) is 85.6 cm³/mol. The zero-order valence-electron chi connectivity index (χ0n) is 13.0. The Balaban J connectivity index is 1.65. The van der Waals surface area contributed by atoms with Crippen LogP contribution in [-0.2, 0) is 12.8 Å². The second-order valence-electron chi connectivity index (χ2n) is 7.38. The average molecular weight is 271 g/mol. The van der Waals surface area contributed by atoms with Gasteiger partial charge in [0.1, 0.15) is 0 Å². The molecule has 0 amide bonds. The van der Waals surface area contributed by atoms with Crippen molar-refractivity contribution in [2.45, 2.75) is 58.4 Å². The van der Waals surface area contributed by atoms with Crippen LogP contribution >= 0.6 is 0 Å². The molecule has 5 atom stereocenters. The van der Waals surface area contributed by atoms with Gasteiger partial charge in [0.05, 0.1) is 0 Å². The first-order chi connectivity index (χ1) is 9.65. The minimum atomic E-state index is 0.415. The van der Waals surface area contributed by atoms with Crippen LogP contribution in [0.4, 0.5) is 0 Å². The average Bonchev–Trinajstić information content (AvgIpc) is 2.49. The van der Waals surface area contributed by atoms with Crippen LogP contribution in [-0.4, -0.2) is 6.04 Å². The molecule has 2 aliphatic rings. The molecule has 2 N–H and O–H groups in total. The van der Waals surface area contributed by atoms with Gasteiger partial charge in [-0.3, -0.25) is 0 Å². The van der Waals surface area contributed by atoms with Crippen LogP contribution in [0.15, 0.2) is 24.3 Å². The van der Waals surface area contributed by atoms with Crippen molar-refractivity contribution in [1.82, 2.24) is 0 Å². The molecule has 5 unspecified atom stereocenters. The minimum absolute atomic E-state index is 0.415. The molecule has 1 fully saturated rings. The topological polar surface area (TPSA) is 26.0 Å². The fourth-order valence-corrected chi connectivity index (χ4v) is 4.38. The maximum absolute atomic E-state index is 6.69. The van der Waals surface area contributed by atoms with Crippen LogP contribution in [0.25, 0.3) is 0 Å². The Labute approximate surface area is 124 Å². The van der Waals surface area contributed by atoms with Gasteiger partial charge in [-0.2, -0.15) is 0 Å². The van der Waals surface area contributed by atoms with E-state index in [-0.39, 0.29) is 0 Å². The molecule has 0 radical (unpaired) electrons. The molecule has 1 heteroatoms. The van der Waals surface area contributed by atoms with Gasteiger partial charge < -0.3 is 5.73 Å². The number of hydrogen-bond donors (Lipinski definition) is 1. The SMILES string of the molecule is CC1CCC(C(N)C2CCc3ccccc3C2)CC1C. The second kappa shape index (κ2) is 5.89. The van der Waals surface area contributed by atoms with E-state index in [2.05, 4.69) is 38.1 Å². The van der Waals surface area contributed by atoms with Crippen LogP contribution in [0.2, 0.25) is 0 Å². The van der Waals surface area contributed by atoms with Crippen LogP contribution in [0, 0.1) is 23.7 Å². The maximum Gasteiger partial charge on any atom is 0.00990 e. The van der Waals surface area contributed by atoms with Gasteiger partial charge in [0.15, 0.2) is 0 Å². The lowest BCUT2D eigenvalue weighted by atomic mass is 9.68. The van der Waals surface area contributed by atoms with Crippen molar-refractivity contribution in [3.05, 3.63) is 35.4 Å². The van der Waals surface area contributed by atoms with Crippen LogP contribution < -0.4 is 5.73 Å². The molecule has 0 saturated heterocycles. The Hall–Kier alpha value is -0.820. The van der Waals surface area contributed by atoms with E-state index in [0.717, 1.165) is 17.8 Å². The van der Waals surface area contributed by atoms with E-state index in [0.29, 0.717) is 12.0 Å². The van der Waals surface area contributed by atoms with Gasteiger partial charge in [0.25, 0.3) is 0 Å². The van der Waals surface area contributed by atoms with Gasteiger partial charge in [0, 0.05) is 6.04 Å². The van der Waals surface area contributed by atoms with Crippen molar-refractivity contribution < 1.29 is 0 Å². The number of rotatable bonds is 2. The Kier molecular flexibility index (Phi) is 4.16. The largest absolute Gasteiger partial charge is 0.327 e. The summed E-state index contributed by atoms with van der Waals surface area (Å²) in [5.41, 5.74) is 9.80. The van der Waals surface area contributed by atoms with Crippen LogP contribution in [0.3, 0.4) is 0 Å². The molecule has 2 aliphatic carbocycles. The fourth-order valence-electron chi connectivity index (χ4n) is 4.38. The molecular weight excluding hydrogens is 242 g/mol. The molecule has 0 spiro atoms. The summed E-state index contributed by atoms with van der Waals surface area (Å²) in [6, 6.07) is 9.36. The van der Waals surface area contributed by atoms with E-state index < -0.39 is 0 Å². The molecular formula is C19H29N. The summed E-state index contributed by atoms with van der Waals surface area (Å²) in [4.78, 5) is 0. The van der Waals surface area contributed by atoms with E-state index in [9.17, 15) is 0 Å². The first-order valence-corrected chi connectivity index (χ1v) is 8.47. The van der Waals surface area contributed by atoms with Gasteiger partial charge >= 0.3 is 0 Å². The Morgan fingerprint density at radius 2 is 1.70 bits per heavy atom. The van der Waals surface area contributed by atoms with Gasteiger partial charge in [-0.15, -0.1) is 0 Å². The third-order valence-electron chi connectivity index (χ3n) is 6.11. The molecule has 20 heavy (non-hydrogen) atoms. The third kappa shape index (κ3) is 2.79. The summed E-state index contributed by atoms with van der Waals surface area (Å²) in [5, 5.41) is 0. The highest BCUT2D eigenvalue weighted by Crippen LogP contribution is 2.38. The minimum Gasteiger partial charge on any atom is -0.327 e. The van der Waals surface area contributed by atoms with Crippen molar-refractivity contribution in [3.8, 4) is 0 Å². The van der Waals surface area contributed by atoms with E-state index in [4.69, 9.17) is 5.73 Å². The van der Waals surface area contributed by atoms with Crippen molar-refractivity contribution in [2.24, 2.45) is 29.4 Å². The number of benzene rings is 1. The third-order valence-corrected chi connectivity index (χ3v) is 6.11. The highest BCUT2D eigenvalue weighted by Gasteiger charge is 2.33. The van der Waals surface area contributed by atoms with Gasteiger partial charge in [-0.25, -0.2) is 0 Å². The first kappa shape index (κ1) is 14.1. The Morgan fingerprint density at radius 3 is 2.45 bits per heavy atom. The van der Waals surface area contributed by atoms with Crippen molar-refractivity contribution in [2.75, 3.05) is 0 Å². The molecule has 3 rings (SSSR count). The van der Waals surface area contributed by atoms with Gasteiger partial charge in [-0.05, 0) is 66.9 Å². The van der Waals surface area contributed by atoms with E-state index in [1.165, 1.54) is 38.5 Å². The number of nitrogens with two attached hydrogens (primary N) is 1. The normalized spacial score (nSPS) is 35.4. The summed E-state index contributed by atoms with van der Waals surface area (Å²) >= 11 is 0. The highest BCUT2D eigenvalue weighted by atomic mass is 14.7. The molecule has 0 aliphatic heterocycles. The summed E-state index contributed by atoms with van der Waals surface area (Å²) in [5.74, 6) is 3.22. The quantitative estimate of drug-likeness (QED) is 0.857. The molecule has 110 valence electrons. The second-order valence-corrected chi connectivity index (χ2v) is 7.38. The summed E-state index contributed by atoms with van der Waals surface area (Å²) in [6.07, 6.45) is 7.80. The Morgan fingerprint density at radius 1 is 0.950 bits per heavy atom.